The molecule has 1 aliphatic rings. The van der Waals surface area contributed by atoms with Crippen molar-refractivity contribution in [1.29, 1.82) is 0 Å². The molecule has 0 bridgehead atoms. The molecule has 0 saturated carbocycles. The minimum absolute atomic E-state index is 0.0323. The number of nitrogens with zero attached hydrogens (tertiary/aromatic N) is 1. The van der Waals surface area contributed by atoms with Gasteiger partial charge in [-0.2, -0.15) is 0 Å². The Balaban J connectivity index is 1.63. The number of ether oxygens (including phenoxy) is 1. The fourth-order valence-electron chi connectivity index (χ4n) is 3.39. The predicted octanol–water partition coefficient (Wildman–Crippen LogP) is 3.17. The number of benzene rings is 2. The molecule has 0 aliphatic carbocycles. The quantitative estimate of drug-likeness (QED) is 0.634. The third kappa shape index (κ3) is 6.21. The number of amides is 2. The van der Waals surface area contributed by atoms with E-state index in [0.29, 0.717) is 32.5 Å². The molecule has 0 unspecified atom stereocenters. The average Bonchev–Trinajstić information content (AvgIpc) is 2.79. The van der Waals surface area contributed by atoms with Crippen LogP contribution in [0.5, 0.6) is 0 Å². The maximum absolute atomic E-state index is 12.8. The van der Waals surface area contributed by atoms with E-state index in [2.05, 4.69) is 10.0 Å². The van der Waals surface area contributed by atoms with Crippen LogP contribution in [0, 0.1) is 0 Å². The summed E-state index contributed by atoms with van der Waals surface area (Å²) in [7, 11) is -3.92. The molecule has 2 N–H and O–H groups in total. The molecule has 10 heteroatoms. The Hall–Kier alpha value is -2.62. The van der Waals surface area contributed by atoms with Gasteiger partial charge in [-0.15, -0.1) is 0 Å². The van der Waals surface area contributed by atoms with E-state index < -0.39 is 15.9 Å². The highest BCUT2D eigenvalue weighted by molar-refractivity contribution is 7.89. The van der Waals surface area contributed by atoms with Crippen LogP contribution in [-0.4, -0.2) is 51.1 Å². The molecule has 2 amide bonds. The molecule has 1 fully saturated rings. The van der Waals surface area contributed by atoms with E-state index in [1.54, 1.807) is 24.0 Å². The standard InChI is InChI=1S/C22H26ClN3O5S/c1-2-31-22(28)26-12-10-18(11-13-26)25-21(27)17-8-9-19(23)20(14-17)32(29,30)24-15-16-6-4-3-5-7-16/h3-9,14,18,24H,2,10-13,15H2,1H3,(H,25,27). The molecule has 0 radical (unpaired) electrons. The van der Waals surface area contributed by atoms with E-state index >= 15 is 0 Å². The van der Waals surface area contributed by atoms with Gasteiger partial charge in [0.05, 0.1) is 11.6 Å². The van der Waals surface area contributed by atoms with E-state index in [4.69, 9.17) is 16.3 Å². The zero-order valence-electron chi connectivity index (χ0n) is 17.7. The molecule has 1 heterocycles. The number of piperidine rings is 1. The van der Waals surface area contributed by atoms with Crippen molar-refractivity contribution in [2.24, 2.45) is 0 Å². The van der Waals surface area contributed by atoms with Crippen molar-refractivity contribution in [3.05, 3.63) is 64.7 Å². The number of halogens is 1. The normalized spacial score (nSPS) is 14.8. The van der Waals surface area contributed by atoms with Crippen LogP contribution in [0.1, 0.15) is 35.7 Å². The Morgan fingerprint density at radius 3 is 2.47 bits per heavy atom. The third-order valence-corrected chi connectivity index (χ3v) is 7.03. The number of rotatable bonds is 7. The van der Waals surface area contributed by atoms with Gasteiger partial charge in [-0.25, -0.2) is 17.9 Å². The molecule has 1 saturated heterocycles. The average molecular weight is 480 g/mol. The molecule has 172 valence electrons. The van der Waals surface area contributed by atoms with Gasteiger partial charge in [0.1, 0.15) is 4.90 Å². The first-order chi connectivity index (χ1) is 15.3. The molecule has 2 aromatic carbocycles. The van der Waals surface area contributed by atoms with Crippen LogP contribution in [0.3, 0.4) is 0 Å². The molecule has 0 aromatic heterocycles. The lowest BCUT2D eigenvalue weighted by Gasteiger charge is -2.31. The number of hydrogen-bond donors (Lipinski definition) is 2. The van der Waals surface area contributed by atoms with Gasteiger partial charge in [0.25, 0.3) is 5.91 Å². The Labute approximate surface area is 192 Å². The fraction of sp³-hybridized carbons (Fsp3) is 0.364. The van der Waals surface area contributed by atoms with Gasteiger partial charge in [-0.05, 0) is 43.5 Å². The maximum Gasteiger partial charge on any atom is 0.409 e. The van der Waals surface area contributed by atoms with Gasteiger partial charge in [0, 0.05) is 31.2 Å². The lowest BCUT2D eigenvalue weighted by atomic mass is 10.0. The van der Waals surface area contributed by atoms with Gasteiger partial charge in [-0.1, -0.05) is 41.9 Å². The highest BCUT2D eigenvalue weighted by Gasteiger charge is 2.26. The number of likely N-dealkylation sites (tertiary alicyclic amines) is 1. The third-order valence-electron chi connectivity index (χ3n) is 5.15. The summed E-state index contributed by atoms with van der Waals surface area (Å²) in [6, 6.07) is 13.1. The second-order valence-electron chi connectivity index (χ2n) is 7.39. The summed E-state index contributed by atoms with van der Waals surface area (Å²) in [5.74, 6) is -0.393. The second kappa shape index (κ2) is 10.8. The summed E-state index contributed by atoms with van der Waals surface area (Å²) in [4.78, 5) is 26.0. The molecule has 8 nitrogen and oxygen atoms in total. The Morgan fingerprint density at radius 1 is 1.12 bits per heavy atom. The molecule has 32 heavy (non-hydrogen) atoms. The van der Waals surface area contributed by atoms with Crippen LogP contribution in [-0.2, 0) is 21.3 Å². The van der Waals surface area contributed by atoms with Gasteiger partial charge in [0.15, 0.2) is 0 Å². The zero-order valence-corrected chi connectivity index (χ0v) is 19.3. The topological polar surface area (TPSA) is 105 Å². The number of carbonyl (C=O) groups is 2. The molecule has 3 rings (SSSR count). The second-order valence-corrected chi connectivity index (χ2v) is 9.53. The van der Waals surface area contributed by atoms with Gasteiger partial charge in [0.2, 0.25) is 10.0 Å². The van der Waals surface area contributed by atoms with Crippen LogP contribution in [0.2, 0.25) is 5.02 Å². The van der Waals surface area contributed by atoms with Crippen LogP contribution in [0.15, 0.2) is 53.4 Å². The molecule has 0 spiro atoms. The van der Waals surface area contributed by atoms with Crippen LogP contribution in [0.25, 0.3) is 0 Å². The summed E-state index contributed by atoms with van der Waals surface area (Å²) >= 11 is 6.13. The van der Waals surface area contributed by atoms with Crippen LogP contribution < -0.4 is 10.0 Å². The Kier molecular flexibility index (Phi) is 8.11. The van der Waals surface area contributed by atoms with E-state index in [9.17, 15) is 18.0 Å². The first-order valence-electron chi connectivity index (χ1n) is 10.4. The molecule has 2 aromatic rings. The van der Waals surface area contributed by atoms with E-state index in [-0.39, 0.29) is 34.2 Å². The monoisotopic (exact) mass is 479 g/mol. The fourth-order valence-corrected chi connectivity index (χ4v) is 4.93. The molecular formula is C22H26ClN3O5S. The predicted molar refractivity (Wildman–Crippen MR) is 121 cm³/mol. The number of nitrogens with one attached hydrogen (secondary N) is 2. The van der Waals surface area contributed by atoms with Crippen molar-refractivity contribution >= 4 is 33.6 Å². The summed E-state index contributed by atoms with van der Waals surface area (Å²) in [6.07, 6.45) is 0.817. The first kappa shape index (κ1) is 24.0. The number of hydrogen-bond acceptors (Lipinski definition) is 5. The first-order valence-corrected chi connectivity index (χ1v) is 12.2. The zero-order chi connectivity index (χ0) is 23.1. The van der Waals surface area contributed by atoms with Crippen LogP contribution in [0.4, 0.5) is 4.79 Å². The van der Waals surface area contributed by atoms with Crippen molar-refractivity contribution in [3.8, 4) is 0 Å². The summed E-state index contributed by atoms with van der Waals surface area (Å²) < 4.78 is 33.0. The van der Waals surface area contributed by atoms with Crippen molar-refractivity contribution in [3.63, 3.8) is 0 Å². The van der Waals surface area contributed by atoms with Crippen molar-refractivity contribution < 1.29 is 22.7 Å². The van der Waals surface area contributed by atoms with E-state index in [1.807, 2.05) is 18.2 Å². The molecule has 0 atom stereocenters. The van der Waals surface area contributed by atoms with Crippen molar-refractivity contribution in [1.82, 2.24) is 14.9 Å². The van der Waals surface area contributed by atoms with Crippen LogP contribution >= 0.6 is 11.6 Å². The number of carbonyl (C=O) groups excluding carboxylic acids is 2. The van der Waals surface area contributed by atoms with E-state index in [0.717, 1.165) is 5.56 Å². The van der Waals surface area contributed by atoms with Gasteiger partial charge in [-0.3, -0.25) is 4.79 Å². The minimum atomic E-state index is -3.92. The smallest absolute Gasteiger partial charge is 0.409 e. The SMILES string of the molecule is CCOC(=O)N1CCC(NC(=O)c2ccc(Cl)c(S(=O)(=O)NCc3ccccc3)c2)CC1. The summed E-state index contributed by atoms with van der Waals surface area (Å²) in [5, 5.41) is 2.94. The van der Waals surface area contributed by atoms with Crippen molar-refractivity contribution in [2.75, 3.05) is 19.7 Å². The van der Waals surface area contributed by atoms with Gasteiger partial charge < -0.3 is 15.0 Å². The molecular weight excluding hydrogens is 454 g/mol. The minimum Gasteiger partial charge on any atom is -0.450 e. The summed E-state index contributed by atoms with van der Waals surface area (Å²) in [5.41, 5.74) is 0.998. The lowest BCUT2D eigenvalue weighted by molar-refractivity contribution is 0.0860. The molecule has 1 aliphatic heterocycles. The highest BCUT2D eigenvalue weighted by atomic mass is 35.5. The van der Waals surface area contributed by atoms with E-state index in [1.165, 1.54) is 18.2 Å². The lowest BCUT2D eigenvalue weighted by Crippen LogP contribution is -2.46. The summed E-state index contributed by atoms with van der Waals surface area (Å²) in [6.45, 7) is 3.13. The largest absolute Gasteiger partial charge is 0.450 e. The number of sulfonamides is 1. The van der Waals surface area contributed by atoms with Crippen molar-refractivity contribution in [2.45, 2.75) is 37.2 Å². The highest BCUT2D eigenvalue weighted by Crippen LogP contribution is 2.23. The Morgan fingerprint density at radius 2 is 1.81 bits per heavy atom. The van der Waals surface area contributed by atoms with Gasteiger partial charge >= 0.3 is 6.09 Å². The Bertz CT molecular complexity index is 1050. The maximum atomic E-state index is 12.8.